The molecule has 0 atom stereocenters. The molecule has 0 fully saturated rings. The third-order valence-corrected chi connectivity index (χ3v) is 7.25. The van der Waals surface area contributed by atoms with Crippen molar-refractivity contribution in [1.29, 1.82) is 0 Å². The van der Waals surface area contributed by atoms with Gasteiger partial charge in [0.25, 0.3) is 0 Å². The summed E-state index contributed by atoms with van der Waals surface area (Å²) in [6, 6.07) is 33.1. The number of aliphatic imine (C=N–C) groups is 1. The molecule has 0 aliphatic heterocycles. The van der Waals surface area contributed by atoms with Gasteiger partial charge in [-0.3, -0.25) is 9.56 Å². The maximum Gasteiger partial charge on any atom is 0.360 e. The normalized spacial score (nSPS) is 11.6. The van der Waals surface area contributed by atoms with Crippen LogP contribution in [0.15, 0.2) is 108 Å². The van der Waals surface area contributed by atoms with Crippen LogP contribution in [0.1, 0.15) is 11.1 Å². The summed E-state index contributed by atoms with van der Waals surface area (Å²) in [7, 11) is -0.529. The molecule has 0 amide bonds. The van der Waals surface area contributed by atoms with Gasteiger partial charge in [0.15, 0.2) is 0 Å². The van der Waals surface area contributed by atoms with Crippen molar-refractivity contribution < 1.29 is 18.3 Å². The minimum Gasteiger partial charge on any atom is -0.488 e. The summed E-state index contributed by atoms with van der Waals surface area (Å²) in [6.45, 7) is 0.445. The first-order chi connectivity index (χ1) is 16.6. The summed E-state index contributed by atoms with van der Waals surface area (Å²) in [5.74, 6) is 0.726. The molecule has 172 valence electrons. The lowest BCUT2D eigenvalue weighted by Gasteiger charge is -2.15. The second kappa shape index (κ2) is 11.1. The van der Waals surface area contributed by atoms with E-state index in [1.807, 2.05) is 97.2 Å². The molecule has 0 saturated carbocycles. The fraction of sp³-hybridized carbons (Fsp3) is 0.107. The van der Waals surface area contributed by atoms with Crippen LogP contribution in [0.3, 0.4) is 0 Å². The Morgan fingerprint density at radius 1 is 0.765 bits per heavy atom. The predicted octanol–water partition coefficient (Wildman–Crippen LogP) is 6.79. The molecule has 0 radical (unpaired) electrons. The van der Waals surface area contributed by atoms with E-state index in [0.29, 0.717) is 11.9 Å². The number of para-hydroxylation sites is 1. The van der Waals surface area contributed by atoms with Crippen LogP contribution in [0, 0.1) is 0 Å². The van der Waals surface area contributed by atoms with Crippen molar-refractivity contribution in [2.24, 2.45) is 4.99 Å². The van der Waals surface area contributed by atoms with Crippen molar-refractivity contribution in [1.82, 2.24) is 0 Å². The van der Waals surface area contributed by atoms with Gasteiger partial charge in [-0.1, -0.05) is 66.7 Å². The lowest BCUT2D eigenvalue weighted by molar-refractivity contribution is 0.287. The van der Waals surface area contributed by atoms with E-state index in [1.165, 1.54) is 14.2 Å². The molecule has 0 spiro atoms. The first-order valence-corrected chi connectivity index (χ1v) is 12.4. The molecule has 0 saturated heterocycles. The SMILES string of the molecule is COP(=O)(OC)c1ccc(-c2ccc(C=Nc3ccccc3)c(OCc3ccccc3)c2)cc1. The quantitative estimate of drug-likeness (QED) is 0.199. The van der Waals surface area contributed by atoms with E-state index in [2.05, 4.69) is 4.99 Å². The van der Waals surface area contributed by atoms with Gasteiger partial charge in [-0.25, -0.2) is 0 Å². The highest BCUT2D eigenvalue weighted by molar-refractivity contribution is 7.62. The van der Waals surface area contributed by atoms with Crippen molar-refractivity contribution >= 4 is 24.8 Å². The monoisotopic (exact) mass is 471 g/mol. The molecule has 0 bridgehead atoms. The van der Waals surface area contributed by atoms with Crippen molar-refractivity contribution in [2.75, 3.05) is 14.2 Å². The first-order valence-electron chi connectivity index (χ1n) is 10.8. The Morgan fingerprint density at radius 2 is 1.38 bits per heavy atom. The van der Waals surface area contributed by atoms with Gasteiger partial charge < -0.3 is 13.8 Å². The number of ether oxygens (including phenoxy) is 1. The van der Waals surface area contributed by atoms with Crippen LogP contribution in [0.2, 0.25) is 0 Å². The number of hydrogen-bond donors (Lipinski definition) is 0. The maximum absolute atomic E-state index is 12.6. The van der Waals surface area contributed by atoms with Gasteiger partial charge in [0.05, 0.1) is 11.0 Å². The molecular formula is C28H26NO4P. The molecule has 5 nitrogen and oxygen atoms in total. The molecular weight excluding hydrogens is 445 g/mol. The zero-order valence-corrected chi connectivity index (χ0v) is 20.0. The molecule has 0 aliphatic rings. The molecule has 4 aromatic carbocycles. The van der Waals surface area contributed by atoms with Gasteiger partial charge in [-0.2, -0.15) is 0 Å². The van der Waals surface area contributed by atoms with Crippen LogP contribution < -0.4 is 10.0 Å². The minimum absolute atomic E-state index is 0.445. The summed E-state index contributed by atoms with van der Waals surface area (Å²) in [5, 5.41) is 0.508. The fourth-order valence-corrected chi connectivity index (χ4v) is 4.55. The molecule has 0 unspecified atom stereocenters. The van der Waals surface area contributed by atoms with E-state index in [9.17, 15) is 4.57 Å². The topological polar surface area (TPSA) is 57.1 Å². The Bertz CT molecular complexity index is 1280. The third kappa shape index (κ3) is 5.70. The third-order valence-electron chi connectivity index (χ3n) is 5.36. The van der Waals surface area contributed by atoms with Gasteiger partial charge in [-0.05, 0) is 53.1 Å². The number of benzene rings is 4. The second-order valence-electron chi connectivity index (χ2n) is 7.53. The van der Waals surface area contributed by atoms with Gasteiger partial charge in [-0.15, -0.1) is 0 Å². The van der Waals surface area contributed by atoms with E-state index in [-0.39, 0.29) is 0 Å². The Kier molecular flexibility index (Phi) is 7.71. The lowest BCUT2D eigenvalue weighted by Crippen LogP contribution is -2.07. The van der Waals surface area contributed by atoms with Crippen LogP contribution in [0.25, 0.3) is 11.1 Å². The first kappa shape index (κ1) is 23.7. The summed E-state index contributed by atoms with van der Waals surface area (Å²) in [6.07, 6.45) is 1.82. The van der Waals surface area contributed by atoms with Gasteiger partial charge in [0.2, 0.25) is 0 Å². The van der Waals surface area contributed by atoms with Gasteiger partial charge in [0, 0.05) is 26.0 Å². The maximum atomic E-state index is 12.6. The van der Waals surface area contributed by atoms with Gasteiger partial charge >= 0.3 is 7.60 Å². The highest BCUT2D eigenvalue weighted by Gasteiger charge is 2.24. The molecule has 34 heavy (non-hydrogen) atoms. The molecule has 0 aromatic heterocycles. The Labute approximate surface area is 200 Å². The number of rotatable bonds is 9. The molecule has 0 N–H and O–H groups in total. The molecule has 4 aromatic rings. The lowest BCUT2D eigenvalue weighted by atomic mass is 10.0. The van der Waals surface area contributed by atoms with E-state index in [0.717, 1.165) is 33.7 Å². The van der Waals surface area contributed by atoms with Crippen LogP contribution in [-0.2, 0) is 20.2 Å². The summed E-state index contributed by atoms with van der Waals surface area (Å²) >= 11 is 0. The minimum atomic E-state index is -3.29. The van der Waals surface area contributed by atoms with Crippen LogP contribution in [0.4, 0.5) is 5.69 Å². The fourth-order valence-electron chi connectivity index (χ4n) is 3.46. The summed E-state index contributed by atoms with van der Waals surface area (Å²) in [5.41, 5.74) is 4.76. The van der Waals surface area contributed by atoms with Crippen molar-refractivity contribution in [3.05, 3.63) is 114 Å². The number of hydrogen-bond acceptors (Lipinski definition) is 5. The summed E-state index contributed by atoms with van der Waals surface area (Å²) in [4.78, 5) is 4.59. The van der Waals surface area contributed by atoms with Gasteiger partial charge in [0.1, 0.15) is 12.4 Å². The van der Waals surface area contributed by atoms with Crippen LogP contribution in [-0.4, -0.2) is 20.4 Å². The molecule has 6 heteroatoms. The van der Waals surface area contributed by atoms with Crippen molar-refractivity contribution in [3.63, 3.8) is 0 Å². The Balaban J connectivity index is 1.64. The standard InChI is InChI=1S/C28H26NO4P/c1-31-34(30,32-2)27-17-15-23(16-18-27)24-13-14-25(20-29-26-11-7-4-8-12-26)28(19-24)33-21-22-9-5-3-6-10-22/h3-20H,21H2,1-2H3. The molecule has 0 aliphatic carbocycles. The molecule has 4 rings (SSSR count). The Morgan fingerprint density at radius 3 is 2.03 bits per heavy atom. The number of nitrogens with zero attached hydrogens (tertiary/aromatic N) is 1. The average molecular weight is 471 g/mol. The zero-order chi connectivity index (χ0) is 23.8. The zero-order valence-electron chi connectivity index (χ0n) is 19.1. The smallest absolute Gasteiger partial charge is 0.360 e. The van der Waals surface area contributed by atoms with E-state index < -0.39 is 7.60 Å². The predicted molar refractivity (Wildman–Crippen MR) is 138 cm³/mol. The highest BCUT2D eigenvalue weighted by atomic mass is 31.2. The van der Waals surface area contributed by atoms with Crippen molar-refractivity contribution in [2.45, 2.75) is 6.61 Å². The van der Waals surface area contributed by atoms with E-state index >= 15 is 0 Å². The van der Waals surface area contributed by atoms with Crippen molar-refractivity contribution in [3.8, 4) is 16.9 Å². The van der Waals surface area contributed by atoms with Crippen LogP contribution in [0.5, 0.6) is 5.75 Å². The Hall–Kier alpha value is -3.50. The molecule has 0 heterocycles. The highest BCUT2D eigenvalue weighted by Crippen LogP contribution is 2.45. The van der Waals surface area contributed by atoms with Crippen LogP contribution >= 0.6 is 7.60 Å². The van der Waals surface area contributed by atoms with E-state index in [4.69, 9.17) is 13.8 Å². The second-order valence-corrected chi connectivity index (χ2v) is 9.77. The summed E-state index contributed by atoms with van der Waals surface area (Å²) < 4.78 is 29.0. The largest absolute Gasteiger partial charge is 0.488 e. The van der Waals surface area contributed by atoms with E-state index in [1.54, 1.807) is 12.1 Å². The average Bonchev–Trinajstić information content (AvgIpc) is 2.91.